The van der Waals surface area contributed by atoms with E-state index in [-0.39, 0.29) is 17.4 Å². The number of aryl methyl sites for hydroxylation is 1. The number of hydrogen-bond acceptors (Lipinski definition) is 8. The molecule has 2 saturated heterocycles. The van der Waals surface area contributed by atoms with E-state index in [9.17, 15) is 23.3 Å². The van der Waals surface area contributed by atoms with Gasteiger partial charge in [0.05, 0.1) is 29.7 Å². The highest BCUT2D eigenvalue weighted by Crippen LogP contribution is 2.30. The summed E-state index contributed by atoms with van der Waals surface area (Å²) >= 11 is 0. The molecule has 2 fully saturated rings. The summed E-state index contributed by atoms with van der Waals surface area (Å²) in [5.41, 5.74) is 1.16. The molecule has 44 heavy (non-hydrogen) atoms. The highest BCUT2D eigenvalue weighted by atomic mass is 32.2. The van der Waals surface area contributed by atoms with Gasteiger partial charge in [-0.1, -0.05) is 49.7 Å². The first-order valence-electron chi connectivity index (χ1n) is 14.9. The molecule has 0 spiro atoms. The number of benzene rings is 2. The van der Waals surface area contributed by atoms with Crippen molar-refractivity contribution in [3.8, 4) is 6.07 Å². The zero-order valence-corrected chi connectivity index (χ0v) is 26.2. The van der Waals surface area contributed by atoms with E-state index in [0.29, 0.717) is 57.8 Å². The summed E-state index contributed by atoms with van der Waals surface area (Å²) in [4.78, 5) is 30.0. The number of nitrogens with one attached hydrogen (secondary N) is 1. The second kappa shape index (κ2) is 13.0. The molecule has 234 valence electrons. The minimum atomic E-state index is -3.84. The molecule has 2 amide bonds. The molecule has 2 aromatic carbocycles. The molecule has 2 aliphatic heterocycles. The summed E-state index contributed by atoms with van der Waals surface area (Å²) in [6.45, 7) is 8.56. The van der Waals surface area contributed by atoms with Crippen LogP contribution >= 0.6 is 0 Å². The Morgan fingerprint density at radius 3 is 2.48 bits per heavy atom. The van der Waals surface area contributed by atoms with Gasteiger partial charge in [-0.2, -0.15) is 5.26 Å². The average molecular weight is 622 g/mol. The Labute approximate surface area is 258 Å². The largest absolute Gasteiger partial charge is 0.436 e. The van der Waals surface area contributed by atoms with E-state index in [4.69, 9.17) is 9.47 Å². The van der Waals surface area contributed by atoms with Crippen molar-refractivity contribution >= 4 is 32.9 Å². The molecule has 2 atom stereocenters. The van der Waals surface area contributed by atoms with Crippen LogP contribution in [-0.2, 0) is 30.8 Å². The maximum atomic E-state index is 13.6. The number of nitriles is 1. The first kappa shape index (κ1) is 31.5. The number of aromatic nitrogens is 1. The molecule has 0 saturated carbocycles. The molecule has 5 rings (SSSR count). The third-order valence-electron chi connectivity index (χ3n) is 8.15. The van der Waals surface area contributed by atoms with Crippen molar-refractivity contribution in [3.63, 3.8) is 0 Å². The second-order valence-corrected chi connectivity index (χ2v) is 13.8. The smallest absolute Gasteiger partial charge is 0.410 e. The molecule has 12 heteroatoms. The van der Waals surface area contributed by atoms with E-state index >= 15 is 0 Å². The average Bonchev–Trinajstić information content (AvgIpc) is 3.59. The number of nitrogens with zero attached hydrogens (tertiary/aromatic N) is 4. The maximum Gasteiger partial charge on any atom is 0.410 e. The highest BCUT2D eigenvalue weighted by molar-refractivity contribution is 7.90. The van der Waals surface area contributed by atoms with E-state index in [1.165, 1.54) is 8.87 Å². The standard InChI is InChI=1S/C32H39N5O6S/c1-23(2)18-29(43-31(39)36-14-16-42-17-15-36)30(38)34-32(21-33)12-13-35(22-32)19-25-20-37(28-7-5-4-6-27(25)28)44(40,41)26-10-8-24(3)9-11-26/h4-11,20,23,29H,12-19,22H2,1-3H3,(H,34,38). The van der Waals surface area contributed by atoms with Gasteiger partial charge in [-0.05, 0) is 49.4 Å². The van der Waals surface area contributed by atoms with Crippen LogP contribution in [0.1, 0.15) is 37.8 Å². The Hall–Kier alpha value is -3.92. The van der Waals surface area contributed by atoms with E-state index in [2.05, 4.69) is 11.4 Å². The van der Waals surface area contributed by atoms with Crippen molar-refractivity contribution in [1.82, 2.24) is 19.1 Å². The number of morpholine rings is 1. The van der Waals surface area contributed by atoms with E-state index < -0.39 is 33.7 Å². The molecule has 3 heterocycles. The molecular weight excluding hydrogens is 582 g/mol. The van der Waals surface area contributed by atoms with Crippen LogP contribution < -0.4 is 5.32 Å². The van der Waals surface area contributed by atoms with Gasteiger partial charge in [0.25, 0.3) is 15.9 Å². The lowest BCUT2D eigenvalue weighted by Crippen LogP contribution is -2.54. The first-order chi connectivity index (χ1) is 21.0. The van der Waals surface area contributed by atoms with E-state index in [0.717, 1.165) is 16.5 Å². The number of likely N-dealkylation sites (tertiary alicyclic amines) is 1. The Bertz CT molecular complexity index is 1660. The van der Waals surface area contributed by atoms with Gasteiger partial charge in [0.2, 0.25) is 0 Å². The minimum Gasteiger partial charge on any atom is -0.436 e. The maximum absolute atomic E-state index is 13.6. The number of rotatable bonds is 9. The third kappa shape index (κ3) is 6.75. The number of carbonyl (C=O) groups is 2. The zero-order valence-electron chi connectivity index (χ0n) is 25.4. The first-order valence-corrected chi connectivity index (χ1v) is 16.4. The van der Waals surface area contributed by atoms with Crippen LogP contribution in [0, 0.1) is 24.2 Å². The molecule has 0 bridgehead atoms. The van der Waals surface area contributed by atoms with Crippen LogP contribution in [0.15, 0.2) is 59.6 Å². The molecule has 1 N–H and O–H groups in total. The monoisotopic (exact) mass is 621 g/mol. The Morgan fingerprint density at radius 2 is 1.80 bits per heavy atom. The number of hydrogen-bond donors (Lipinski definition) is 1. The fourth-order valence-electron chi connectivity index (χ4n) is 5.75. The van der Waals surface area contributed by atoms with E-state index in [1.54, 1.807) is 42.6 Å². The Morgan fingerprint density at radius 1 is 1.09 bits per heavy atom. The van der Waals surface area contributed by atoms with Crippen molar-refractivity contribution < 1.29 is 27.5 Å². The predicted molar refractivity (Wildman–Crippen MR) is 164 cm³/mol. The summed E-state index contributed by atoms with van der Waals surface area (Å²) < 4.78 is 39.5. The summed E-state index contributed by atoms with van der Waals surface area (Å²) in [5.74, 6) is -0.417. The summed E-state index contributed by atoms with van der Waals surface area (Å²) in [6, 6.07) is 16.4. The van der Waals surface area contributed by atoms with Gasteiger partial charge >= 0.3 is 6.09 Å². The molecule has 2 unspecified atom stereocenters. The van der Waals surface area contributed by atoms with Crippen molar-refractivity contribution in [2.24, 2.45) is 5.92 Å². The van der Waals surface area contributed by atoms with Crippen LogP contribution in [0.3, 0.4) is 0 Å². The quantitative estimate of drug-likeness (QED) is 0.383. The molecule has 1 aromatic heterocycles. The van der Waals surface area contributed by atoms with Gasteiger partial charge in [0.1, 0.15) is 5.54 Å². The van der Waals surface area contributed by atoms with Crippen molar-refractivity contribution in [2.45, 2.75) is 56.7 Å². The number of fused-ring (bicyclic) bond motifs is 1. The fourth-order valence-corrected chi connectivity index (χ4v) is 7.14. The normalized spacial score (nSPS) is 20.0. The fraction of sp³-hybridized carbons (Fsp3) is 0.469. The van der Waals surface area contributed by atoms with Crippen LogP contribution in [-0.4, -0.2) is 85.2 Å². The molecule has 3 aromatic rings. The molecule has 2 aliphatic rings. The second-order valence-electron chi connectivity index (χ2n) is 12.0. The zero-order chi connectivity index (χ0) is 31.5. The number of para-hydroxylation sites is 1. The topological polar surface area (TPSA) is 134 Å². The van der Waals surface area contributed by atoms with E-state index in [1.807, 2.05) is 37.8 Å². The van der Waals surface area contributed by atoms with Crippen LogP contribution in [0.25, 0.3) is 10.9 Å². The number of amides is 2. The lowest BCUT2D eigenvalue weighted by atomic mass is 9.98. The predicted octanol–water partition coefficient (Wildman–Crippen LogP) is 3.65. The number of carbonyl (C=O) groups excluding carboxylic acids is 2. The number of ether oxygens (including phenoxy) is 2. The molecule has 0 radical (unpaired) electrons. The van der Waals surface area contributed by atoms with Gasteiger partial charge < -0.3 is 19.7 Å². The van der Waals surface area contributed by atoms with Crippen LogP contribution in [0.2, 0.25) is 0 Å². The third-order valence-corrected chi connectivity index (χ3v) is 9.84. The minimum absolute atomic E-state index is 0.0786. The summed E-state index contributed by atoms with van der Waals surface area (Å²) in [7, 11) is -3.84. The van der Waals surface area contributed by atoms with Crippen LogP contribution in [0.4, 0.5) is 4.79 Å². The molecule has 0 aliphatic carbocycles. The van der Waals surface area contributed by atoms with Gasteiger partial charge in [0, 0.05) is 44.3 Å². The summed E-state index contributed by atoms with van der Waals surface area (Å²) in [5, 5.41) is 13.9. The van der Waals surface area contributed by atoms with Crippen molar-refractivity contribution in [3.05, 3.63) is 65.9 Å². The Kier molecular flexibility index (Phi) is 9.29. The summed E-state index contributed by atoms with van der Waals surface area (Å²) in [6.07, 6.45) is 0.748. The SMILES string of the molecule is Cc1ccc(S(=O)(=O)n2cc(CN3CCC(C#N)(NC(=O)C(CC(C)C)OC(=O)N4CCOCC4)C3)c3ccccc32)cc1. The van der Waals surface area contributed by atoms with Gasteiger partial charge in [-0.15, -0.1) is 0 Å². The van der Waals surface area contributed by atoms with Crippen LogP contribution in [0.5, 0.6) is 0 Å². The van der Waals surface area contributed by atoms with Crippen molar-refractivity contribution in [2.75, 3.05) is 39.4 Å². The van der Waals surface area contributed by atoms with Gasteiger partial charge in [0.15, 0.2) is 6.10 Å². The van der Waals surface area contributed by atoms with Crippen molar-refractivity contribution in [1.29, 1.82) is 5.26 Å². The van der Waals surface area contributed by atoms with Gasteiger partial charge in [-0.3, -0.25) is 9.69 Å². The Balaban J connectivity index is 1.32. The van der Waals surface area contributed by atoms with Gasteiger partial charge in [-0.25, -0.2) is 17.2 Å². The molecule has 11 nitrogen and oxygen atoms in total. The highest BCUT2D eigenvalue weighted by Gasteiger charge is 2.42. The lowest BCUT2D eigenvalue weighted by Gasteiger charge is -2.30. The molecular formula is C32H39N5O6S. The lowest BCUT2D eigenvalue weighted by molar-refractivity contribution is -0.132.